The fourth-order valence-corrected chi connectivity index (χ4v) is 2.80. The second-order valence-electron chi connectivity index (χ2n) is 4.39. The average molecular weight is 297 g/mol. The third kappa shape index (κ3) is 2.68. The van der Waals surface area contributed by atoms with Gasteiger partial charge in [0.1, 0.15) is 5.69 Å². The first-order valence-corrected chi connectivity index (χ1v) is 6.94. The van der Waals surface area contributed by atoms with Crippen LogP contribution in [-0.4, -0.2) is 28.4 Å². The lowest BCUT2D eigenvalue weighted by Crippen LogP contribution is -2.43. The van der Waals surface area contributed by atoms with Crippen LogP contribution in [0.4, 0.5) is 0 Å². The van der Waals surface area contributed by atoms with E-state index in [-0.39, 0.29) is 5.91 Å². The van der Waals surface area contributed by atoms with Crippen LogP contribution in [0, 0.1) is 0 Å². The molecule has 1 aliphatic heterocycles. The molecule has 1 atom stereocenters. The van der Waals surface area contributed by atoms with E-state index in [1.165, 1.54) is 6.42 Å². The number of halogens is 1. The molecular formula is C13H17BrN2O. The van der Waals surface area contributed by atoms with Crippen molar-refractivity contribution in [2.75, 3.05) is 6.54 Å². The molecule has 4 heteroatoms. The van der Waals surface area contributed by atoms with Crippen LogP contribution in [0.25, 0.3) is 0 Å². The lowest BCUT2D eigenvalue weighted by Gasteiger charge is -2.35. The van der Waals surface area contributed by atoms with Crippen LogP contribution >= 0.6 is 15.9 Å². The Kier molecular flexibility index (Phi) is 4.15. The monoisotopic (exact) mass is 296 g/mol. The van der Waals surface area contributed by atoms with Crippen molar-refractivity contribution in [1.29, 1.82) is 0 Å². The molecule has 1 aromatic rings. The Morgan fingerprint density at radius 2 is 2.41 bits per heavy atom. The number of likely N-dealkylation sites (tertiary alicyclic amines) is 1. The number of aromatic nitrogens is 1. The zero-order valence-corrected chi connectivity index (χ0v) is 11.6. The number of rotatable bonds is 2. The highest BCUT2D eigenvalue weighted by atomic mass is 79.9. The summed E-state index contributed by atoms with van der Waals surface area (Å²) in [6.45, 7) is 3.00. The second kappa shape index (κ2) is 5.63. The molecule has 1 fully saturated rings. The molecule has 2 heterocycles. The van der Waals surface area contributed by atoms with Gasteiger partial charge in [0.2, 0.25) is 0 Å². The van der Waals surface area contributed by atoms with E-state index in [0.717, 1.165) is 30.3 Å². The highest BCUT2D eigenvalue weighted by Crippen LogP contribution is 2.23. The number of hydrogen-bond donors (Lipinski definition) is 0. The van der Waals surface area contributed by atoms with Crippen LogP contribution < -0.4 is 0 Å². The molecule has 1 unspecified atom stereocenters. The van der Waals surface area contributed by atoms with E-state index in [2.05, 4.69) is 27.8 Å². The quantitative estimate of drug-likeness (QED) is 0.839. The van der Waals surface area contributed by atoms with Crippen molar-refractivity contribution < 1.29 is 4.79 Å². The summed E-state index contributed by atoms with van der Waals surface area (Å²) >= 11 is 3.40. The first kappa shape index (κ1) is 12.6. The molecule has 0 saturated carbocycles. The smallest absolute Gasteiger partial charge is 0.273 e. The van der Waals surface area contributed by atoms with Crippen molar-refractivity contribution in [3.05, 3.63) is 28.5 Å². The number of carbonyl (C=O) groups is 1. The molecule has 0 N–H and O–H groups in total. The molecule has 17 heavy (non-hydrogen) atoms. The summed E-state index contributed by atoms with van der Waals surface area (Å²) in [5.74, 6) is 0.0593. The maximum atomic E-state index is 12.4. The predicted molar refractivity (Wildman–Crippen MR) is 70.9 cm³/mol. The van der Waals surface area contributed by atoms with Gasteiger partial charge in [-0.25, -0.2) is 4.98 Å². The van der Waals surface area contributed by atoms with Crippen molar-refractivity contribution in [3.8, 4) is 0 Å². The second-order valence-corrected chi connectivity index (χ2v) is 5.24. The SMILES string of the molecule is CCC1CCCCN1C(=O)c1ncccc1Br. The van der Waals surface area contributed by atoms with Crippen molar-refractivity contribution in [1.82, 2.24) is 9.88 Å². The maximum Gasteiger partial charge on any atom is 0.273 e. The minimum Gasteiger partial charge on any atom is -0.334 e. The van der Waals surface area contributed by atoms with E-state index in [9.17, 15) is 4.79 Å². The first-order chi connectivity index (χ1) is 8.24. The molecule has 0 spiro atoms. The van der Waals surface area contributed by atoms with Gasteiger partial charge < -0.3 is 4.90 Å². The van der Waals surface area contributed by atoms with Crippen LogP contribution in [0.2, 0.25) is 0 Å². The Morgan fingerprint density at radius 3 is 3.12 bits per heavy atom. The Hall–Kier alpha value is -0.900. The average Bonchev–Trinajstić information content (AvgIpc) is 2.38. The summed E-state index contributed by atoms with van der Waals surface area (Å²) in [6.07, 6.45) is 6.14. The Bertz CT molecular complexity index is 408. The largest absolute Gasteiger partial charge is 0.334 e. The fourth-order valence-electron chi connectivity index (χ4n) is 2.37. The molecule has 92 valence electrons. The first-order valence-electron chi connectivity index (χ1n) is 6.15. The number of carbonyl (C=O) groups excluding carboxylic acids is 1. The van der Waals surface area contributed by atoms with Gasteiger partial charge in [0, 0.05) is 23.3 Å². The molecule has 0 aliphatic carbocycles. The molecule has 2 rings (SSSR count). The van der Waals surface area contributed by atoms with Gasteiger partial charge in [-0.05, 0) is 53.7 Å². The fraction of sp³-hybridized carbons (Fsp3) is 0.538. The number of amides is 1. The van der Waals surface area contributed by atoms with Gasteiger partial charge in [0.25, 0.3) is 5.91 Å². The van der Waals surface area contributed by atoms with E-state index in [1.807, 2.05) is 17.0 Å². The molecule has 1 aliphatic rings. The molecule has 1 saturated heterocycles. The zero-order chi connectivity index (χ0) is 12.3. The van der Waals surface area contributed by atoms with Crippen molar-refractivity contribution in [3.63, 3.8) is 0 Å². The van der Waals surface area contributed by atoms with E-state index in [0.29, 0.717) is 11.7 Å². The van der Waals surface area contributed by atoms with E-state index < -0.39 is 0 Å². The molecule has 0 radical (unpaired) electrons. The van der Waals surface area contributed by atoms with Crippen molar-refractivity contribution in [2.24, 2.45) is 0 Å². The summed E-state index contributed by atoms with van der Waals surface area (Å²) in [5, 5.41) is 0. The third-order valence-corrected chi connectivity index (χ3v) is 3.96. The number of nitrogens with zero attached hydrogens (tertiary/aromatic N) is 2. The lowest BCUT2D eigenvalue weighted by atomic mass is 9.99. The normalized spacial score (nSPS) is 20.4. The summed E-state index contributed by atoms with van der Waals surface area (Å²) in [4.78, 5) is 18.6. The third-order valence-electron chi connectivity index (χ3n) is 3.32. The van der Waals surface area contributed by atoms with Gasteiger partial charge in [0.15, 0.2) is 0 Å². The van der Waals surface area contributed by atoms with E-state index in [4.69, 9.17) is 0 Å². The molecule has 1 amide bonds. The summed E-state index contributed by atoms with van der Waals surface area (Å²) < 4.78 is 0.783. The van der Waals surface area contributed by atoms with Gasteiger partial charge in [-0.3, -0.25) is 4.79 Å². The number of hydrogen-bond acceptors (Lipinski definition) is 2. The van der Waals surface area contributed by atoms with Crippen LogP contribution in [0.15, 0.2) is 22.8 Å². The van der Waals surface area contributed by atoms with Crippen LogP contribution in [0.1, 0.15) is 43.1 Å². The highest BCUT2D eigenvalue weighted by Gasteiger charge is 2.27. The molecule has 0 bridgehead atoms. The van der Waals surface area contributed by atoms with Crippen LogP contribution in [-0.2, 0) is 0 Å². The minimum atomic E-state index is 0.0593. The summed E-state index contributed by atoms with van der Waals surface area (Å²) in [7, 11) is 0. The zero-order valence-electron chi connectivity index (χ0n) is 10.0. The van der Waals surface area contributed by atoms with Gasteiger partial charge >= 0.3 is 0 Å². The van der Waals surface area contributed by atoms with Gasteiger partial charge in [-0.2, -0.15) is 0 Å². The summed E-state index contributed by atoms with van der Waals surface area (Å²) in [6, 6.07) is 4.07. The lowest BCUT2D eigenvalue weighted by molar-refractivity contribution is 0.0601. The molecule has 3 nitrogen and oxygen atoms in total. The summed E-state index contributed by atoms with van der Waals surface area (Å²) in [5.41, 5.74) is 0.535. The molecule has 1 aromatic heterocycles. The van der Waals surface area contributed by atoms with Gasteiger partial charge in [0.05, 0.1) is 0 Å². The Labute approximate surface area is 110 Å². The van der Waals surface area contributed by atoms with Crippen LogP contribution in [0.5, 0.6) is 0 Å². The molecular weight excluding hydrogens is 280 g/mol. The van der Waals surface area contributed by atoms with Crippen molar-refractivity contribution in [2.45, 2.75) is 38.6 Å². The number of piperidine rings is 1. The van der Waals surface area contributed by atoms with Gasteiger partial charge in [-0.1, -0.05) is 6.92 Å². The topological polar surface area (TPSA) is 33.2 Å². The Morgan fingerprint density at radius 1 is 1.59 bits per heavy atom. The van der Waals surface area contributed by atoms with E-state index in [1.54, 1.807) is 6.20 Å². The molecule has 0 aromatic carbocycles. The standard InChI is InChI=1S/C13H17BrN2O/c1-2-10-6-3-4-9-16(10)13(17)12-11(14)7-5-8-15-12/h5,7-8,10H,2-4,6,9H2,1H3. The highest BCUT2D eigenvalue weighted by molar-refractivity contribution is 9.10. The minimum absolute atomic E-state index is 0.0593. The van der Waals surface area contributed by atoms with E-state index >= 15 is 0 Å². The van der Waals surface area contributed by atoms with Gasteiger partial charge in [-0.15, -0.1) is 0 Å². The van der Waals surface area contributed by atoms with Crippen molar-refractivity contribution >= 4 is 21.8 Å². The number of pyridine rings is 1. The van der Waals surface area contributed by atoms with Crippen LogP contribution in [0.3, 0.4) is 0 Å². The Balaban J connectivity index is 2.21. The predicted octanol–water partition coefficient (Wildman–Crippen LogP) is 3.25. The maximum absolute atomic E-state index is 12.4.